The molecule has 0 aliphatic carbocycles. The molecule has 1 atom stereocenters. The maximum absolute atomic E-state index is 13.3. The summed E-state index contributed by atoms with van der Waals surface area (Å²) in [6.07, 6.45) is -15.6. The first-order chi connectivity index (χ1) is 18.2. The number of aliphatic hydroxyl groups excluding tert-OH is 1. The lowest BCUT2D eigenvalue weighted by atomic mass is 10.1. The number of ether oxygens (including phenoxy) is 3. The minimum absolute atomic E-state index is 0.00415. The normalized spacial score (nSPS) is 12.9. The first-order valence-electron chi connectivity index (χ1n) is 10.9. The predicted molar refractivity (Wildman–Crippen MR) is 119 cm³/mol. The van der Waals surface area contributed by atoms with E-state index in [1.807, 2.05) is 0 Å². The number of anilines is 1. The molecule has 0 unspecified atom stereocenters. The maximum Gasteiger partial charge on any atom is 0.461 e. The Balaban J connectivity index is 1.87. The van der Waals surface area contributed by atoms with Crippen molar-refractivity contribution in [3.05, 3.63) is 72.4 Å². The van der Waals surface area contributed by atoms with Gasteiger partial charge in [-0.25, -0.2) is 4.98 Å². The lowest BCUT2D eigenvalue weighted by Gasteiger charge is -2.29. The van der Waals surface area contributed by atoms with Crippen LogP contribution in [0.2, 0.25) is 0 Å². The largest absolute Gasteiger partial charge is 0.461 e. The molecule has 0 amide bonds. The van der Waals surface area contributed by atoms with Crippen LogP contribution in [-0.2, 0) is 6.54 Å². The van der Waals surface area contributed by atoms with Gasteiger partial charge in [-0.2, -0.15) is 39.5 Å². The fourth-order valence-corrected chi connectivity index (χ4v) is 3.19. The van der Waals surface area contributed by atoms with E-state index >= 15 is 0 Å². The average molecular weight is 570 g/mol. The van der Waals surface area contributed by atoms with E-state index in [9.17, 15) is 44.6 Å². The summed E-state index contributed by atoms with van der Waals surface area (Å²) >= 11 is 0. The summed E-state index contributed by atoms with van der Waals surface area (Å²) in [6.45, 7) is -4.56. The van der Waals surface area contributed by atoms with E-state index in [2.05, 4.69) is 14.5 Å². The highest BCUT2D eigenvalue weighted by Gasteiger charge is 2.44. The molecule has 0 saturated heterocycles. The van der Waals surface area contributed by atoms with Gasteiger partial charge < -0.3 is 24.2 Å². The molecule has 6 nitrogen and oxygen atoms in total. The highest BCUT2D eigenvalue weighted by molar-refractivity contribution is 5.52. The van der Waals surface area contributed by atoms with E-state index in [0.717, 1.165) is 29.3 Å². The average Bonchev–Trinajstić information content (AvgIpc) is 2.83. The van der Waals surface area contributed by atoms with Gasteiger partial charge in [0.2, 0.25) is 5.88 Å². The second kappa shape index (κ2) is 12.3. The summed E-state index contributed by atoms with van der Waals surface area (Å²) in [5.74, 6) is -1.06. The van der Waals surface area contributed by atoms with Crippen molar-refractivity contribution in [1.82, 2.24) is 4.98 Å². The Morgan fingerprint density at radius 1 is 0.846 bits per heavy atom. The topological polar surface area (TPSA) is 64.1 Å². The van der Waals surface area contributed by atoms with Crippen LogP contribution in [0.4, 0.5) is 45.2 Å². The van der Waals surface area contributed by atoms with Crippen LogP contribution < -0.4 is 19.1 Å². The number of benzene rings is 2. The molecule has 3 aromatic rings. The van der Waals surface area contributed by atoms with Crippen LogP contribution in [0.3, 0.4) is 0 Å². The monoisotopic (exact) mass is 570 g/mol. The standard InChI is InChI=1S/C24H19F9N2O4/c25-21(26)24(32,33)39-18-6-1-3-14(9-18)12-35(13-19(36)23(29,30)31)15-4-2-5-16(10-15)37-17-7-8-34-20(11-17)38-22(27)28/h1-11,19,21-22,36H,12-13H2/t19-/m1/s1. The molecule has 212 valence electrons. The van der Waals surface area contributed by atoms with Gasteiger partial charge in [0.1, 0.15) is 17.2 Å². The third kappa shape index (κ3) is 8.84. The number of hydrogen-bond donors (Lipinski definition) is 1. The van der Waals surface area contributed by atoms with Gasteiger partial charge in [-0.05, 0) is 35.9 Å². The van der Waals surface area contributed by atoms with Gasteiger partial charge in [-0.15, -0.1) is 0 Å². The van der Waals surface area contributed by atoms with Gasteiger partial charge in [0.05, 0.1) is 6.54 Å². The quantitative estimate of drug-likeness (QED) is 0.247. The number of aromatic nitrogens is 1. The number of pyridine rings is 1. The molecular weight excluding hydrogens is 551 g/mol. The number of halogens is 9. The molecule has 1 N–H and O–H groups in total. The highest BCUT2D eigenvalue weighted by Crippen LogP contribution is 2.32. The second-order valence-electron chi connectivity index (χ2n) is 7.86. The van der Waals surface area contributed by atoms with Crippen molar-refractivity contribution in [3.63, 3.8) is 0 Å². The number of rotatable bonds is 12. The third-order valence-corrected chi connectivity index (χ3v) is 4.89. The van der Waals surface area contributed by atoms with Crippen molar-refractivity contribution >= 4 is 5.69 Å². The lowest BCUT2D eigenvalue weighted by Crippen LogP contribution is -2.40. The highest BCUT2D eigenvalue weighted by atomic mass is 19.4. The van der Waals surface area contributed by atoms with E-state index < -0.39 is 56.1 Å². The zero-order chi connectivity index (χ0) is 28.8. The molecule has 0 bridgehead atoms. The first-order valence-corrected chi connectivity index (χ1v) is 10.9. The van der Waals surface area contributed by atoms with Crippen LogP contribution in [0.25, 0.3) is 0 Å². The van der Waals surface area contributed by atoms with Crippen molar-refractivity contribution in [2.45, 2.75) is 38.0 Å². The van der Waals surface area contributed by atoms with Crippen LogP contribution >= 0.6 is 0 Å². The summed E-state index contributed by atoms with van der Waals surface area (Å²) in [5, 5.41) is 9.68. The summed E-state index contributed by atoms with van der Waals surface area (Å²) in [4.78, 5) is 4.62. The molecule has 1 heterocycles. The fourth-order valence-electron chi connectivity index (χ4n) is 3.19. The van der Waals surface area contributed by atoms with Crippen molar-refractivity contribution in [2.24, 2.45) is 0 Å². The van der Waals surface area contributed by atoms with Crippen molar-refractivity contribution in [2.75, 3.05) is 11.4 Å². The van der Waals surface area contributed by atoms with E-state index in [4.69, 9.17) is 4.74 Å². The zero-order valence-corrected chi connectivity index (χ0v) is 19.5. The predicted octanol–water partition coefficient (Wildman–Crippen LogP) is 6.64. The minimum atomic E-state index is -5.01. The van der Waals surface area contributed by atoms with Gasteiger partial charge in [-0.1, -0.05) is 18.2 Å². The van der Waals surface area contributed by atoms with Gasteiger partial charge in [0.25, 0.3) is 0 Å². The molecule has 0 aliphatic rings. The Morgan fingerprint density at radius 2 is 1.51 bits per heavy atom. The smallest absolute Gasteiger partial charge is 0.457 e. The van der Waals surface area contributed by atoms with E-state index in [1.165, 1.54) is 42.5 Å². The minimum Gasteiger partial charge on any atom is -0.457 e. The molecule has 0 saturated carbocycles. The third-order valence-electron chi connectivity index (χ3n) is 4.89. The zero-order valence-electron chi connectivity index (χ0n) is 19.5. The summed E-state index contributed by atoms with van der Waals surface area (Å²) in [7, 11) is 0. The van der Waals surface area contributed by atoms with E-state index in [-0.39, 0.29) is 22.7 Å². The number of hydrogen-bond acceptors (Lipinski definition) is 6. The molecule has 0 fully saturated rings. The van der Waals surface area contributed by atoms with Crippen molar-refractivity contribution in [3.8, 4) is 23.1 Å². The summed E-state index contributed by atoms with van der Waals surface area (Å²) in [5.41, 5.74) is 0.152. The lowest BCUT2D eigenvalue weighted by molar-refractivity contribution is -0.253. The maximum atomic E-state index is 13.3. The van der Waals surface area contributed by atoms with E-state index in [0.29, 0.717) is 0 Å². The Bertz CT molecular complexity index is 1230. The van der Waals surface area contributed by atoms with Gasteiger partial charge in [0, 0.05) is 30.6 Å². The van der Waals surface area contributed by atoms with Gasteiger partial charge >= 0.3 is 25.3 Å². The molecule has 2 aromatic carbocycles. The van der Waals surface area contributed by atoms with Crippen molar-refractivity contribution in [1.29, 1.82) is 0 Å². The summed E-state index contributed by atoms with van der Waals surface area (Å²) < 4.78 is 130. The Labute approximate surface area is 215 Å². The molecule has 3 rings (SSSR count). The van der Waals surface area contributed by atoms with Crippen LogP contribution in [0.1, 0.15) is 5.56 Å². The Morgan fingerprint density at radius 3 is 2.18 bits per heavy atom. The van der Waals surface area contributed by atoms with E-state index in [1.54, 1.807) is 0 Å². The Kier molecular flexibility index (Phi) is 9.37. The Hall–Kier alpha value is -3.88. The molecular formula is C24H19F9N2O4. The fraction of sp³-hybridized carbons (Fsp3) is 0.292. The van der Waals surface area contributed by atoms with Gasteiger partial charge in [0.15, 0.2) is 6.10 Å². The first kappa shape index (κ1) is 29.7. The van der Waals surface area contributed by atoms with Crippen LogP contribution in [0.5, 0.6) is 23.1 Å². The van der Waals surface area contributed by atoms with Crippen LogP contribution in [0.15, 0.2) is 66.9 Å². The SMILES string of the molecule is O[C@H](CN(Cc1cccc(OC(F)(F)C(F)F)c1)c1cccc(Oc2ccnc(OC(F)F)c2)c1)C(F)(F)F. The molecule has 39 heavy (non-hydrogen) atoms. The summed E-state index contributed by atoms with van der Waals surface area (Å²) in [6, 6.07) is 12.2. The molecule has 1 aromatic heterocycles. The molecule has 15 heteroatoms. The molecule has 0 spiro atoms. The van der Waals surface area contributed by atoms with Crippen molar-refractivity contribution < 1.29 is 58.8 Å². The van der Waals surface area contributed by atoms with Crippen LogP contribution in [0, 0.1) is 0 Å². The molecule has 0 radical (unpaired) electrons. The number of alkyl halides is 9. The number of aliphatic hydroxyl groups is 1. The van der Waals surface area contributed by atoms with Gasteiger partial charge in [-0.3, -0.25) is 0 Å². The molecule has 0 aliphatic heterocycles. The number of nitrogens with zero attached hydrogens (tertiary/aromatic N) is 2. The van der Waals surface area contributed by atoms with Crippen LogP contribution in [-0.4, -0.2) is 48.1 Å². The second-order valence-corrected chi connectivity index (χ2v) is 7.86.